The van der Waals surface area contributed by atoms with Crippen LogP contribution >= 0.6 is 11.8 Å². The lowest BCUT2D eigenvalue weighted by Gasteiger charge is -2.15. The zero-order valence-electron chi connectivity index (χ0n) is 15.2. The highest BCUT2D eigenvalue weighted by Gasteiger charge is 2.29. The molecule has 1 amide bonds. The Labute approximate surface area is 161 Å². The highest BCUT2D eigenvalue weighted by Crippen LogP contribution is 2.33. The summed E-state index contributed by atoms with van der Waals surface area (Å²) < 4.78 is 5.12. The van der Waals surface area contributed by atoms with Gasteiger partial charge in [-0.1, -0.05) is 12.1 Å². The van der Waals surface area contributed by atoms with Gasteiger partial charge >= 0.3 is 0 Å². The Hall–Kier alpha value is -3.05. The smallest absolute Gasteiger partial charge is 0.292 e. The van der Waals surface area contributed by atoms with Crippen molar-refractivity contribution in [3.63, 3.8) is 0 Å². The molecule has 8 heteroatoms. The quantitative estimate of drug-likeness (QED) is 0.431. The second-order valence-corrected chi connectivity index (χ2v) is 7.31. The first-order valence-electron chi connectivity index (χ1n) is 8.03. The van der Waals surface area contributed by atoms with Crippen LogP contribution in [0, 0.1) is 26.9 Å². The molecule has 0 spiro atoms. The third-order valence-electron chi connectivity index (χ3n) is 3.82. The summed E-state index contributed by atoms with van der Waals surface area (Å²) in [5.74, 6) is 0.827. The number of nitro groups is 1. The van der Waals surface area contributed by atoms with Gasteiger partial charge in [0.2, 0.25) is 5.91 Å². The van der Waals surface area contributed by atoms with Gasteiger partial charge in [-0.3, -0.25) is 14.9 Å². The number of carbonyl (C=O) groups is 1. The second kappa shape index (κ2) is 8.56. The molecule has 140 valence electrons. The molecule has 0 aliphatic heterocycles. The molecule has 0 saturated heterocycles. The minimum atomic E-state index is -1.29. The first-order chi connectivity index (χ1) is 12.8. The van der Waals surface area contributed by atoms with E-state index in [0.29, 0.717) is 5.75 Å². The van der Waals surface area contributed by atoms with E-state index < -0.39 is 16.2 Å². The van der Waals surface area contributed by atoms with Crippen LogP contribution < -0.4 is 10.1 Å². The van der Waals surface area contributed by atoms with Gasteiger partial charge in [-0.05, 0) is 43.7 Å². The fraction of sp³-hybridized carbons (Fsp3) is 0.263. The zero-order valence-corrected chi connectivity index (χ0v) is 16.0. The number of ether oxygens (including phenoxy) is 1. The van der Waals surface area contributed by atoms with Crippen molar-refractivity contribution in [1.82, 2.24) is 0 Å². The molecule has 2 aromatic rings. The van der Waals surface area contributed by atoms with Crippen LogP contribution in [0.15, 0.2) is 47.4 Å². The molecule has 0 fully saturated rings. The van der Waals surface area contributed by atoms with Crippen LogP contribution in [0.2, 0.25) is 0 Å². The van der Waals surface area contributed by atoms with Gasteiger partial charge in [0.05, 0.1) is 18.1 Å². The molecular weight excluding hydrogens is 366 g/mol. The van der Waals surface area contributed by atoms with Crippen LogP contribution in [0.1, 0.15) is 19.4 Å². The lowest BCUT2D eigenvalue weighted by Crippen LogP contribution is -2.29. The fourth-order valence-electron chi connectivity index (χ4n) is 2.08. The summed E-state index contributed by atoms with van der Waals surface area (Å²) in [7, 11) is 1.60. The lowest BCUT2D eigenvalue weighted by molar-refractivity contribution is -0.384. The monoisotopic (exact) mass is 385 g/mol. The molecule has 0 aliphatic rings. The van der Waals surface area contributed by atoms with E-state index in [2.05, 4.69) is 5.32 Å². The summed E-state index contributed by atoms with van der Waals surface area (Å²) >= 11 is 1.48. The van der Waals surface area contributed by atoms with Crippen LogP contribution in [0.5, 0.6) is 5.75 Å². The van der Waals surface area contributed by atoms with Gasteiger partial charge in [0.25, 0.3) is 5.69 Å². The molecule has 2 rings (SSSR count). The molecule has 0 unspecified atom stereocenters. The van der Waals surface area contributed by atoms with Crippen molar-refractivity contribution < 1.29 is 14.5 Å². The van der Waals surface area contributed by atoms with E-state index >= 15 is 0 Å². The van der Waals surface area contributed by atoms with Gasteiger partial charge in [0, 0.05) is 16.7 Å². The van der Waals surface area contributed by atoms with Crippen LogP contribution in [0.4, 0.5) is 11.4 Å². The first-order valence-corrected chi connectivity index (χ1v) is 9.02. The predicted octanol–water partition coefficient (Wildman–Crippen LogP) is 4.38. The van der Waals surface area contributed by atoms with Gasteiger partial charge in [-0.2, -0.15) is 5.26 Å². The SMILES string of the molecule is COc1ccc(CSc2ccc([N+](=O)[O-])c(NC(=O)C(C)(C)C#N)c2)cc1. The number of nitriles is 1. The number of nitrogens with one attached hydrogen (secondary N) is 1. The lowest BCUT2D eigenvalue weighted by atomic mass is 9.94. The maximum Gasteiger partial charge on any atom is 0.292 e. The molecule has 2 aromatic carbocycles. The van der Waals surface area contributed by atoms with E-state index in [4.69, 9.17) is 10.00 Å². The van der Waals surface area contributed by atoms with Crippen molar-refractivity contribution in [3.05, 3.63) is 58.1 Å². The van der Waals surface area contributed by atoms with Crippen LogP contribution in [-0.2, 0) is 10.5 Å². The Morgan fingerprint density at radius 3 is 2.52 bits per heavy atom. The molecule has 0 aliphatic carbocycles. The maximum atomic E-state index is 12.2. The summed E-state index contributed by atoms with van der Waals surface area (Å²) in [5.41, 5.74) is -0.366. The molecule has 0 bridgehead atoms. The van der Waals surface area contributed by atoms with Gasteiger partial charge in [0.1, 0.15) is 16.9 Å². The van der Waals surface area contributed by atoms with Gasteiger partial charge in [-0.15, -0.1) is 11.8 Å². The molecule has 0 atom stereocenters. The Kier molecular flexibility index (Phi) is 6.42. The number of amides is 1. The molecule has 0 saturated carbocycles. The van der Waals surface area contributed by atoms with Gasteiger partial charge in [0.15, 0.2) is 0 Å². The summed E-state index contributed by atoms with van der Waals surface area (Å²) in [5, 5.41) is 22.8. The number of nitro benzene ring substituents is 1. The number of hydrogen-bond acceptors (Lipinski definition) is 6. The average molecular weight is 385 g/mol. The summed E-state index contributed by atoms with van der Waals surface area (Å²) in [6, 6.07) is 14.0. The van der Waals surface area contributed by atoms with Crippen molar-refractivity contribution >= 4 is 29.0 Å². The first kappa shape index (κ1) is 20.3. The van der Waals surface area contributed by atoms with Crippen LogP contribution in [-0.4, -0.2) is 17.9 Å². The fourth-order valence-corrected chi connectivity index (χ4v) is 2.97. The molecule has 7 nitrogen and oxygen atoms in total. The van der Waals surface area contributed by atoms with Gasteiger partial charge in [-0.25, -0.2) is 0 Å². The second-order valence-electron chi connectivity index (χ2n) is 6.26. The molecule has 0 aromatic heterocycles. The Balaban J connectivity index is 2.19. The number of rotatable bonds is 7. The number of benzene rings is 2. The van der Waals surface area contributed by atoms with E-state index in [1.54, 1.807) is 19.2 Å². The van der Waals surface area contributed by atoms with Crippen molar-refractivity contribution in [2.24, 2.45) is 5.41 Å². The van der Waals surface area contributed by atoms with E-state index in [1.165, 1.54) is 31.7 Å². The normalized spacial score (nSPS) is 10.7. The Morgan fingerprint density at radius 2 is 1.96 bits per heavy atom. The zero-order chi connectivity index (χ0) is 20.0. The number of nitrogens with zero attached hydrogens (tertiary/aromatic N) is 2. The average Bonchev–Trinajstić information content (AvgIpc) is 2.66. The topological polar surface area (TPSA) is 105 Å². The van der Waals surface area contributed by atoms with Crippen LogP contribution in [0.25, 0.3) is 0 Å². The van der Waals surface area contributed by atoms with Crippen LogP contribution in [0.3, 0.4) is 0 Å². The van der Waals surface area contributed by atoms with Crippen molar-refractivity contribution in [3.8, 4) is 11.8 Å². The van der Waals surface area contributed by atoms with E-state index in [-0.39, 0.29) is 11.4 Å². The molecule has 27 heavy (non-hydrogen) atoms. The molecular formula is C19H19N3O4S. The Morgan fingerprint density at radius 1 is 1.30 bits per heavy atom. The summed E-state index contributed by atoms with van der Waals surface area (Å²) in [6.45, 7) is 2.91. The van der Waals surface area contributed by atoms with Crippen molar-refractivity contribution in [2.75, 3.05) is 12.4 Å². The summed E-state index contributed by atoms with van der Waals surface area (Å²) in [6.07, 6.45) is 0. The van der Waals surface area contributed by atoms with E-state index in [9.17, 15) is 14.9 Å². The van der Waals surface area contributed by atoms with Gasteiger partial charge < -0.3 is 10.1 Å². The Bertz CT molecular complexity index is 889. The van der Waals surface area contributed by atoms with Crippen molar-refractivity contribution in [1.29, 1.82) is 5.26 Å². The van der Waals surface area contributed by atoms with Crippen molar-refractivity contribution in [2.45, 2.75) is 24.5 Å². The maximum absolute atomic E-state index is 12.2. The predicted molar refractivity (Wildman–Crippen MR) is 104 cm³/mol. The standard InChI is InChI=1S/C19H19N3O4S/c1-19(2,12-20)18(23)21-16-10-15(8-9-17(16)22(24)25)27-11-13-4-6-14(26-3)7-5-13/h4-10H,11H2,1-3H3,(H,21,23). The third-order valence-corrected chi connectivity index (χ3v) is 4.89. The number of anilines is 1. The minimum Gasteiger partial charge on any atom is -0.497 e. The van der Waals surface area contributed by atoms with E-state index in [1.807, 2.05) is 30.3 Å². The highest BCUT2D eigenvalue weighted by molar-refractivity contribution is 7.98. The van der Waals surface area contributed by atoms with E-state index in [0.717, 1.165) is 16.2 Å². The molecule has 0 radical (unpaired) electrons. The third kappa shape index (κ3) is 5.21. The highest BCUT2D eigenvalue weighted by atomic mass is 32.2. The minimum absolute atomic E-state index is 0.0769. The summed E-state index contributed by atoms with van der Waals surface area (Å²) in [4.78, 5) is 23.7. The molecule has 0 heterocycles. The number of thioether (sulfide) groups is 1. The number of hydrogen-bond donors (Lipinski definition) is 1. The largest absolute Gasteiger partial charge is 0.497 e. The number of methoxy groups -OCH3 is 1. The molecule has 1 N–H and O–H groups in total. The number of carbonyl (C=O) groups excluding carboxylic acids is 1.